The highest BCUT2D eigenvalue weighted by atomic mass is 32.1. The van der Waals surface area contributed by atoms with Crippen LogP contribution in [-0.2, 0) is 6.61 Å². The van der Waals surface area contributed by atoms with E-state index in [0.717, 1.165) is 31.9 Å². The van der Waals surface area contributed by atoms with Crippen LogP contribution >= 0.6 is 11.3 Å². The summed E-state index contributed by atoms with van der Waals surface area (Å²) in [5.74, 6) is 1.81. The first-order valence-electron chi connectivity index (χ1n) is 9.09. The predicted octanol–water partition coefficient (Wildman–Crippen LogP) is 3.69. The Hall–Kier alpha value is -2.97. The van der Waals surface area contributed by atoms with Crippen molar-refractivity contribution in [1.29, 1.82) is 0 Å². The van der Waals surface area contributed by atoms with Gasteiger partial charge in [0.05, 0.1) is 36.5 Å². The van der Waals surface area contributed by atoms with Crippen molar-refractivity contribution in [3.63, 3.8) is 0 Å². The molecule has 1 atom stereocenters. The molecule has 1 N–H and O–H groups in total. The second-order valence-electron chi connectivity index (χ2n) is 6.85. The van der Waals surface area contributed by atoms with Gasteiger partial charge in [-0.25, -0.2) is 15.0 Å². The van der Waals surface area contributed by atoms with Gasteiger partial charge in [0.1, 0.15) is 22.4 Å². The van der Waals surface area contributed by atoms with Crippen molar-refractivity contribution in [2.45, 2.75) is 19.6 Å². The molecule has 0 saturated carbocycles. The summed E-state index contributed by atoms with van der Waals surface area (Å²) in [6.45, 7) is 6.20. The average Bonchev–Trinajstić information content (AvgIpc) is 3.18. The van der Waals surface area contributed by atoms with Crippen LogP contribution in [0, 0.1) is 13.8 Å². The molecule has 2 aromatic heterocycles. The fraction of sp³-hybridized carbons (Fsp3) is 0.238. The highest BCUT2D eigenvalue weighted by Gasteiger charge is 2.24. The summed E-state index contributed by atoms with van der Waals surface area (Å²) in [7, 11) is 1.55. The number of aliphatic hydroxyl groups is 1. The summed E-state index contributed by atoms with van der Waals surface area (Å²) in [6, 6.07) is 5.64. The number of nitrogens with zero attached hydrogens (tertiary/aromatic N) is 3. The van der Waals surface area contributed by atoms with Gasteiger partial charge in [0.25, 0.3) is 0 Å². The Balaban J connectivity index is 1.75. The first-order chi connectivity index (χ1) is 14.1. The maximum Gasteiger partial charge on any atom is 0.232 e. The van der Waals surface area contributed by atoms with E-state index in [-0.39, 0.29) is 12.7 Å². The van der Waals surface area contributed by atoms with Crippen molar-refractivity contribution >= 4 is 32.6 Å². The van der Waals surface area contributed by atoms with E-state index in [1.54, 1.807) is 19.4 Å². The highest BCUT2D eigenvalue weighted by molar-refractivity contribution is 7.22. The molecule has 0 amide bonds. The van der Waals surface area contributed by atoms with Crippen LogP contribution in [0.15, 0.2) is 24.4 Å². The second-order valence-corrected chi connectivity index (χ2v) is 7.85. The molecule has 0 spiro atoms. The summed E-state index contributed by atoms with van der Waals surface area (Å²) in [6.07, 6.45) is 1.35. The van der Waals surface area contributed by atoms with E-state index in [2.05, 4.69) is 16.9 Å². The summed E-state index contributed by atoms with van der Waals surface area (Å²) in [5.41, 5.74) is 4.73. The van der Waals surface area contributed by atoms with Crippen molar-refractivity contribution in [3.8, 4) is 28.0 Å². The first-order valence-corrected chi connectivity index (χ1v) is 9.90. The number of thiazole rings is 1. The predicted molar refractivity (Wildman–Crippen MR) is 111 cm³/mol. The van der Waals surface area contributed by atoms with E-state index >= 15 is 0 Å². The van der Waals surface area contributed by atoms with Gasteiger partial charge in [-0.1, -0.05) is 0 Å². The van der Waals surface area contributed by atoms with Crippen LogP contribution in [0.5, 0.6) is 17.4 Å². The van der Waals surface area contributed by atoms with E-state index in [1.165, 1.54) is 11.3 Å². The van der Waals surface area contributed by atoms with Gasteiger partial charge in [0.15, 0.2) is 11.5 Å². The lowest BCUT2D eigenvalue weighted by Crippen LogP contribution is -2.26. The number of aromatic nitrogens is 3. The molecule has 0 bridgehead atoms. The fourth-order valence-electron chi connectivity index (χ4n) is 3.43. The molecule has 0 fully saturated rings. The molecule has 4 aromatic rings. The third-order valence-corrected chi connectivity index (χ3v) is 5.88. The number of aryl methyl sites for hydroxylation is 1. The molecule has 1 unspecified atom stereocenters. The topological polar surface area (TPSA) is 86.6 Å². The SMILES string of the molecule is [CH2]C1COc2c(cc(C)c3nc(-c4cc(CO)cc5nc(OC)cnc45)sc23)O1. The molecular weight excluding hydrogens is 390 g/mol. The number of fused-ring (bicyclic) bond motifs is 4. The van der Waals surface area contributed by atoms with Crippen molar-refractivity contribution < 1.29 is 19.3 Å². The molecule has 1 radical (unpaired) electrons. The molecule has 0 aliphatic carbocycles. The zero-order chi connectivity index (χ0) is 20.1. The molecule has 8 heteroatoms. The fourth-order valence-corrected chi connectivity index (χ4v) is 4.58. The molecule has 29 heavy (non-hydrogen) atoms. The van der Waals surface area contributed by atoms with E-state index in [1.807, 2.05) is 19.1 Å². The molecular formula is C21H18N3O4S. The number of methoxy groups -OCH3 is 1. The normalized spacial score (nSPS) is 15.8. The van der Waals surface area contributed by atoms with Crippen molar-refractivity contribution in [1.82, 2.24) is 15.0 Å². The number of ether oxygens (including phenoxy) is 3. The minimum Gasteiger partial charge on any atom is -0.484 e. The van der Waals surface area contributed by atoms with Gasteiger partial charge in [-0.05, 0) is 43.2 Å². The number of rotatable bonds is 3. The van der Waals surface area contributed by atoms with Gasteiger partial charge in [0.2, 0.25) is 5.88 Å². The third kappa shape index (κ3) is 2.95. The van der Waals surface area contributed by atoms with Gasteiger partial charge in [-0.15, -0.1) is 11.3 Å². The van der Waals surface area contributed by atoms with Crippen LogP contribution in [-0.4, -0.2) is 39.9 Å². The third-order valence-electron chi connectivity index (χ3n) is 4.79. The minimum atomic E-state index is -0.234. The zero-order valence-electron chi connectivity index (χ0n) is 15.9. The van der Waals surface area contributed by atoms with Crippen LogP contribution in [0.1, 0.15) is 11.1 Å². The number of aliphatic hydroxyl groups excluding tert-OH is 1. The quantitative estimate of drug-likeness (QED) is 0.553. The van der Waals surface area contributed by atoms with Crippen LogP contribution < -0.4 is 14.2 Å². The lowest BCUT2D eigenvalue weighted by Gasteiger charge is -2.24. The lowest BCUT2D eigenvalue weighted by atomic mass is 10.1. The Morgan fingerprint density at radius 2 is 2.14 bits per heavy atom. The van der Waals surface area contributed by atoms with Crippen LogP contribution in [0.25, 0.3) is 31.8 Å². The van der Waals surface area contributed by atoms with Gasteiger partial charge >= 0.3 is 0 Å². The maximum absolute atomic E-state index is 9.72. The Morgan fingerprint density at radius 1 is 1.28 bits per heavy atom. The minimum absolute atomic E-state index is 0.108. The monoisotopic (exact) mass is 408 g/mol. The first kappa shape index (κ1) is 18.1. The van der Waals surface area contributed by atoms with Crippen LogP contribution in [0.2, 0.25) is 0 Å². The van der Waals surface area contributed by atoms with Gasteiger partial charge < -0.3 is 19.3 Å². The lowest BCUT2D eigenvalue weighted by molar-refractivity contribution is 0.123. The zero-order valence-corrected chi connectivity index (χ0v) is 16.7. The summed E-state index contributed by atoms with van der Waals surface area (Å²) < 4.78 is 17.9. The van der Waals surface area contributed by atoms with Gasteiger partial charge in [0, 0.05) is 5.56 Å². The molecule has 3 heterocycles. The number of hydrogen-bond donors (Lipinski definition) is 1. The smallest absolute Gasteiger partial charge is 0.232 e. The molecule has 1 aliphatic heterocycles. The van der Waals surface area contributed by atoms with Crippen molar-refractivity contribution in [3.05, 3.63) is 42.4 Å². The summed E-state index contributed by atoms with van der Waals surface area (Å²) >= 11 is 1.51. The molecule has 147 valence electrons. The summed E-state index contributed by atoms with van der Waals surface area (Å²) in [4.78, 5) is 13.9. The number of hydrogen-bond acceptors (Lipinski definition) is 8. The number of benzene rings is 2. The molecule has 5 rings (SSSR count). The van der Waals surface area contributed by atoms with Crippen LogP contribution in [0.4, 0.5) is 0 Å². The second kappa shape index (κ2) is 6.82. The maximum atomic E-state index is 9.72. The standard InChI is InChI=1S/C21H18N3O4S/c1-10-4-15-19(27-9-11(2)28-15)20-17(10)24-21(29-20)13-5-12(8-25)6-14-18(13)22-7-16(23-14)26-3/h4-7,11,25H,2,8-9H2,1,3H3. The van der Waals surface area contributed by atoms with E-state index in [4.69, 9.17) is 19.2 Å². The molecule has 0 saturated heterocycles. The Kier molecular flexibility index (Phi) is 4.25. The molecule has 2 aromatic carbocycles. The average molecular weight is 408 g/mol. The Labute approximate surface area is 170 Å². The Bertz CT molecular complexity index is 1250. The van der Waals surface area contributed by atoms with Crippen molar-refractivity contribution in [2.24, 2.45) is 0 Å². The van der Waals surface area contributed by atoms with Gasteiger partial charge in [-0.3, -0.25) is 0 Å². The summed E-state index contributed by atoms with van der Waals surface area (Å²) in [5, 5.41) is 10.5. The van der Waals surface area contributed by atoms with Crippen molar-refractivity contribution in [2.75, 3.05) is 13.7 Å². The van der Waals surface area contributed by atoms with E-state index < -0.39 is 0 Å². The van der Waals surface area contributed by atoms with Gasteiger partial charge in [-0.2, -0.15) is 0 Å². The highest BCUT2D eigenvalue weighted by Crippen LogP contribution is 2.45. The Morgan fingerprint density at radius 3 is 2.93 bits per heavy atom. The van der Waals surface area contributed by atoms with E-state index in [0.29, 0.717) is 35.0 Å². The molecule has 7 nitrogen and oxygen atoms in total. The largest absolute Gasteiger partial charge is 0.484 e. The molecule has 1 aliphatic rings. The van der Waals surface area contributed by atoms with E-state index in [9.17, 15) is 5.11 Å². The van der Waals surface area contributed by atoms with Crippen LogP contribution in [0.3, 0.4) is 0 Å².